The molecule has 4 aromatic rings. The molecule has 0 N–H and O–H groups in total. The van der Waals surface area contributed by atoms with Gasteiger partial charge in [0, 0.05) is 15.4 Å². The number of ether oxygens (including phenoxy) is 2. The Labute approximate surface area is 175 Å². The van der Waals surface area contributed by atoms with Crippen LogP contribution in [0.2, 0.25) is 0 Å². The predicted octanol–water partition coefficient (Wildman–Crippen LogP) is 7.58. The van der Waals surface area contributed by atoms with Crippen LogP contribution in [0.25, 0.3) is 20.5 Å². The van der Waals surface area contributed by atoms with Crippen molar-refractivity contribution < 1.29 is 13.9 Å². The SMILES string of the molecule is Cc1ccc2c(Oc3ccc(OCCBr)cc3)c(-c3ccc(F)cc3)sc2c1. The van der Waals surface area contributed by atoms with Gasteiger partial charge < -0.3 is 9.47 Å². The van der Waals surface area contributed by atoms with Gasteiger partial charge in [-0.05, 0) is 66.6 Å². The summed E-state index contributed by atoms with van der Waals surface area (Å²) in [5, 5.41) is 1.83. The number of hydrogen-bond donors (Lipinski definition) is 0. The Balaban J connectivity index is 1.74. The van der Waals surface area contributed by atoms with E-state index in [9.17, 15) is 4.39 Å². The Hall–Kier alpha value is -2.37. The standard InChI is InChI=1S/C23H18BrFO2S/c1-15-2-11-20-21(14-15)28-23(16-3-5-17(25)6-4-16)22(20)27-19-9-7-18(8-10-19)26-13-12-24/h2-11,14H,12-13H2,1H3. The van der Waals surface area contributed by atoms with E-state index in [0.29, 0.717) is 6.61 Å². The minimum Gasteiger partial charge on any atom is -0.493 e. The average molecular weight is 457 g/mol. The van der Waals surface area contributed by atoms with E-state index in [-0.39, 0.29) is 5.82 Å². The first-order chi connectivity index (χ1) is 13.6. The van der Waals surface area contributed by atoms with E-state index < -0.39 is 0 Å². The number of benzene rings is 3. The Morgan fingerprint density at radius 3 is 2.36 bits per heavy atom. The molecule has 0 amide bonds. The van der Waals surface area contributed by atoms with Crippen LogP contribution in [0, 0.1) is 12.7 Å². The Morgan fingerprint density at radius 2 is 1.64 bits per heavy atom. The van der Waals surface area contributed by atoms with Gasteiger partial charge in [0.25, 0.3) is 0 Å². The van der Waals surface area contributed by atoms with Crippen LogP contribution in [-0.2, 0) is 0 Å². The van der Waals surface area contributed by atoms with Crippen LogP contribution in [0.3, 0.4) is 0 Å². The number of rotatable bonds is 6. The van der Waals surface area contributed by atoms with Crippen LogP contribution in [0.4, 0.5) is 4.39 Å². The highest BCUT2D eigenvalue weighted by Gasteiger charge is 2.16. The molecule has 0 atom stereocenters. The van der Waals surface area contributed by atoms with E-state index in [1.807, 2.05) is 24.3 Å². The lowest BCUT2D eigenvalue weighted by molar-refractivity contribution is 0.344. The van der Waals surface area contributed by atoms with Gasteiger partial charge in [-0.25, -0.2) is 4.39 Å². The summed E-state index contributed by atoms with van der Waals surface area (Å²) in [7, 11) is 0. The van der Waals surface area contributed by atoms with Crippen LogP contribution >= 0.6 is 27.3 Å². The normalized spacial score (nSPS) is 11.0. The second-order valence-corrected chi connectivity index (χ2v) is 8.22. The van der Waals surface area contributed by atoms with E-state index in [1.54, 1.807) is 23.5 Å². The summed E-state index contributed by atoms with van der Waals surface area (Å²) in [5.74, 6) is 2.08. The number of hydrogen-bond acceptors (Lipinski definition) is 3. The highest BCUT2D eigenvalue weighted by atomic mass is 79.9. The number of alkyl halides is 1. The molecule has 4 rings (SSSR count). The van der Waals surface area contributed by atoms with E-state index in [2.05, 4.69) is 41.1 Å². The zero-order valence-corrected chi connectivity index (χ0v) is 17.6. The number of aryl methyl sites for hydroxylation is 1. The van der Waals surface area contributed by atoms with Crippen molar-refractivity contribution in [2.75, 3.05) is 11.9 Å². The van der Waals surface area contributed by atoms with Crippen LogP contribution < -0.4 is 9.47 Å². The predicted molar refractivity (Wildman–Crippen MR) is 118 cm³/mol. The average Bonchev–Trinajstić information content (AvgIpc) is 3.05. The molecule has 0 unspecified atom stereocenters. The van der Waals surface area contributed by atoms with E-state index in [0.717, 1.165) is 43.1 Å². The molecular weight excluding hydrogens is 439 g/mol. The fourth-order valence-corrected chi connectivity index (χ4v) is 4.35. The molecule has 28 heavy (non-hydrogen) atoms. The summed E-state index contributed by atoms with van der Waals surface area (Å²) in [6.07, 6.45) is 0. The van der Waals surface area contributed by atoms with Crippen molar-refractivity contribution in [2.45, 2.75) is 6.92 Å². The fourth-order valence-electron chi connectivity index (χ4n) is 2.95. The minimum absolute atomic E-state index is 0.248. The lowest BCUT2D eigenvalue weighted by Gasteiger charge is -2.10. The van der Waals surface area contributed by atoms with E-state index in [4.69, 9.17) is 9.47 Å². The van der Waals surface area contributed by atoms with Crippen molar-refractivity contribution in [1.82, 2.24) is 0 Å². The van der Waals surface area contributed by atoms with E-state index >= 15 is 0 Å². The van der Waals surface area contributed by atoms with Crippen molar-refractivity contribution in [3.8, 4) is 27.7 Å². The molecule has 0 saturated carbocycles. The molecule has 5 heteroatoms. The second kappa shape index (κ2) is 8.33. The molecule has 0 saturated heterocycles. The molecule has 2 nitrogen and oxygen atoms in total. The first kappa shape index (κ1) is 19.0. The quantitative estimate of drug-likeness (QED) is 0.278. The lowest BCUT2D eigenvalue weighted by atomic mass is 10.1. The first-order valence-electron chi connectivity index (χ1n) is 8.90. The molecule has 0 spiro atoms. The van der Waals surface area contributed by atoms with E-state index in [1.165, 1.54) is 17.7 Å². The van der Waals surface area contributed by atoms with Crippen LogP contribution in [0.15, 0.2) is 66.7 Å². The van der Waals surface area contributed by atoms with Crippen molar-refractivity contribution in [1.29, 1.82) is 0 Å². The van der Waals surface area contributed by atoms with Crippen LogP contribution in [0.5, 0.6) is 17.2 Å². The summed E-state index contributed by atoms with van der Waals surface area (Å²) < 4.78 is 26.4. The zero-order chi connectivity index (χ0) is 19.5. The lowest BCUT2D eigenvalue weighted by Crippen LogP contribution is -1.97. The summed E-state index contributed by atoms with van der Waals surface area (Å²) in [4.78, 5) is 0.986. The highest BCUT2D eigenvalue weighted by Crippen LogP contribution is 2.46. The van der Waals surface area contributed by atoms with Gasteiger partial charge in [-0.15, -0.1) is 11.3 Å². The Morgan fingerprint density at radius 1 is 0.929 bits per heavy atom. The monoisotopic (exact) mass is 456 g/mol. The molecule has 0 radical (unpaired) electrons. The minimum atomic E-state index is -0.248. The molecule has 3 aromatic carbocycles. The Kier molecular flexibility index (Phi) is 5.64. The number of halogens is 2. The smallest absolute Gasteiger partial charge is 0.153 e. The summed E-state index contributed by atoms with van der Waals surface area (Å²) in [6.45, 7) is 2.69. The zero-order valence-electron chi connectivity index (χ0n) is 15.2. The fraction of sp³-hybridized carbons (Fsp3) is 0.130. The molecule has 1 aromatic heterocycles. The van der Waals surface area contributed by atoms with Crippen LogP contribution in [-0.4, -0.2) is 11.9 Å². The van der Waals surface area contributed by atoms with Gasteiger partial charge in [-0.3, -0.25) is 0 Å². The molecule has 0 fully saturated rings. The van der Waals surface area contributed by atoms with Gasteiger partial charge in [0.1, 0.15) is 17.3 Å². The molecular formula is C23H18BrFO2S. The number of thiophene rings is 1. The first-order valence-corrected chi connectivity index (χ1v) is 10.8. The van der Waals surface area contributed by atoms with Crippen molar-refractivity contribution in [3.63, 3.8) is 0 Å². The topological polar surface area (TPSA) is 18.5 Å². The molecule has 142 valence electrons. The maximum absolute atomic E-state index is 13.4. The van der Waals surface area contributed by atoms with Crippen molar-refractivity contribution >= 4 is 37.4 Å². The number of fused-ring (bicyclic) bond motifs is 1. The van der Waals surface area contributed by atoms with Crippen LogP contribution in [0.1, 0.15) is 5.56 Å². The third-order valence-corrected chi connectivity index (χ3v) is 5.80. The molecule has 0 aliphatic carbocycles. The molecule has 1 heterocycles. The van der Waals surface area contributed by atoms with Gasteiger partial charge in [-0.1, -0.05) is 34.1 Å². The van der Waals surface area contributed by atoms with Gasteiger partial charge in [0.2, 0.25) is 0 Å². The maximum Gasteiger partial charge on any atom is 0.153 e. The van der Waals surface area contributed by atoms with Gasteiger partial charge in [0.15, 0.2) is 5.75 Å². The largest absolute Gasteiger partial charge is 0.493 e. The van der Waals surface area contributed by atoms with Gasteiger partial charge >= 0.3 is 0 Å². The summed E-state index contributed by atoms with van der Waals surface area (Å²) >= 11 is 5.00. The van der Waals surface area contributed by atoms with Crippen molar-refractivity contribution in [3.05, 3.63) is 78.1 Å². The Bertz CT molecular complexity index is 1090. The third kappa shape index (κ3) is 4.05. The second-order valence-electron chi connectivity index (χ2n) is 6.38. The molecule has 0 aliphatic heterocycles. The third-order valence-electron chi connectivity index (χ3n) is 4.30. The van der Waals surface area contributed by atoms with Gasteiger partial charge in [0.05, 0.1) is 11.5 Å². The highest BCUT2D eigenvalue weighted by molar-refractivity contribution is 9.09. The summed E-state index contributed by atoms with van der Waals surface area (Å²) in [6, 6.07) is 20.4. The summed E-state index contributed by atoms with van der Waals surface area (Å²) in [5.41, 5.74) is 2.13. The molecule has 0 bridgehead atoms. The maximum atomic E-state index is 13.4. The van der Waals surface area contributed by atoms with Gasteiger partial charge in [-0.2, -0.15) is 0 Å². The van der Waals surface area contributed by atoms with Crippen molar-refractivity contribution in [2.24, 2.45) is 0 Å². The molecule has 0 aliphatic rings.